The largest absolute Gasteiger partial charge is 0.267 e. The normalized spacial score (nSPS) is 11.7. The zero-order valence-corrected chi connectivity index (χ0v) is 10.5. The van der Waals surface area contributed by atoms with Gasteiger partial charge in [0.15, 0.2) is 0 Å². The van der Waals surface area contributed by atoms with Crippen molar-refractivity contribution in [2.75, 3.05) is 0 Å². The molecule has 0 aliphatic heterocycles. The summed E-state index contributed by atoms with van der Waals surface area (Å²) < 4.78 is 36.7. The molecule has 1 aromatic heterocycles. The van der Waals surface area contributed by atoms with E-state index in [-0.39, 0.29) is 10.7 Å². The van der Waals surface area contributed by atoms with Crippen molar-refractivity contribution in [3.63, 3.8) is 0 Å². The van der Waals surface area contributed by atoms with E-state index in [0.717, 1.165) is 11.1 Å². The van der Waals surface area contributed by atoms with Crippen LogP contribution >= 0.6 is 0 Å². The summed E-state index contributed by atoms with van der Waals surface area (Å²) in [6.45, 7) is 2.14. The summed E-state index contributed by atoms with van der Waals surface area (Å²) >= 11 is 0. The fraction of sp³-hybridized carbons (Fsp3) is 0.182. The molecule has 1 aromatic carbocycles. The average molecular weight is 269 g/mol. The van der Waals surface area contributed by atoms with E-state index >= 15 is 0 Å². The van der Waals surface area contributed by atoms with Crippen molar-refractivity contribution in [2.45, 2.75) is 18.4 Å². The lowest BCUT2D eigenvalue weighted by Gasteiger charge is -2.05. The van der Waals surface area contributed by atoms with Crippen molar-refractivity contribution in [3.05, 3.63) is 47.5 Å². The molecule has 2 rings (SSSR count). The Morgan fingerprint density at radius 3 is 2.78 bits per heavy atom. The minimum atomic E-state index is -3.75. The van der Waals surface area contributed by atoms with Crippen LogP contribution in [-0.4, -0.2) is 18.2 Å². The van der Waals surface area contributed by atoms with Crippen LogP contribution in [0.5, 0.6) is 0 Å². The minimum absolute atomic E-state index is 0.0587. The molecule has 0 saturated heterocycles. The van der Waals surface area contributed by atoms with Crippen LogP contribution in [0.25, 0.3) is 0 Å². The molecule has 18 heavy (non-hydrogen) atoms. The standard InChI is InChI=1S/C11H12FN3O2S/c1-8-2-3-10(12)4-9(8)6-15-7-11(5-14-15)18(13,16)17/h2-5,7H,6H2,1H3,(H2,13,16,17). The van der Waals surface area contributed by atoms with Crippen molar-refractivity contribution < 1.29 is 12.8 Å². The van der Waals surface area contributed by atoms with Gasteiger partial charge in [0.1, 0.15) is 10.7 Å². The number of nitrogens with zero attached hydrogens (tertiary/aromatic N) is 2. The summed E-state index contributed by atoms with van der Waals surface area (Å²) in [5.41, 5.74) is 1.64. The van der Waals surface area contributed by atoms with E-state index in [0.29, 0.717) is 6.54 Å². The zero-order chi connectivity index (χ0) is 13.3. The number of benzene rings is 1. The lowest BCUT2D eigenvalue weighted by atomic mass is 10.1. The van der Waals surface area contributed by atoms with E-state index < -0.39 is 10.0 Å². The fourth-order valence-electron chi connectivity index (χ4n) is 1.56. The van der Waals surface area contributed by atoms with Gasteiger partial charge in [-0.15, -0.1) is 0 Å². The second kappa shape index (κ2) is 4.51. The number of hydrogen-bond donors (Lipinski definition) is 1. The lowest BCUT2D eigenvalue weighted by Crippen LogP contribution is -2.11. The molecule has 0 aliphatic rings. The summed E-state index contributed by atoms with van der Waals surface area (Å²) in [6.07, 6.45) is 2.49. The van der Waals surface area contributed by atoms with E-state index in [1.807, 2.05) is 6.92 Å². The van der Waals surface area contributed by atoms with Gasteiger partial charge >= 0.3 is 0 Å². The number of nitrogens with two attached hydrogens (primary N) is 1. The third-order valence-corrected chi connectivity index (χ3v) is 3.45. The summed E-state index contributed by atoms with van der Waals surface area (Å²) in [5, 5.41) is 8.86. The van der Waals surface area contributed by atoms with Crippen LogP contribution in [-0.2, 0) is 16.6 Å². The van der Waals surface area contributed by atoms with Crippen molar-refractivity contribution >= 4 is 10.0 Å². The first-order valence-corrected chi connectivity index (χ1v) is 6.71. The van der Waals surface area contributed by atoms with Crippen LogP contribution in [0, 0.1) is 12.7 Å². The van der Waals surface area contributed by atoms with Gasteiger partial charge in [0, 0.05) is 6.20 Å². The van der Waals surface area contributed by atoms with E-state index in [9.17, 15) is 12.8 Å². The molecule has 0 unspecified atom stereocenters. The third-order valence-electron chi connectivity index (χ3n) is 2.58. The number of rotatable bonds is 3. The van der Waals surface area contributed by atoms with Gasteiger partial charge in [0.05, 0.1) is 12.7 Å². The maximum atomic E-state index is 13.1. The van der Waals surface area contributed by atoms with Crippen LogP contribution < -0.4 is 5.14 Å². The first-order chi connectivity index (χ1) is 8.36. The topological polar surface area (TPSA) is 78.0 Å². The molecule has 2 aromatic rings. The Morgan fingerprint density at radius 1 is 1.44 bits per heavy atom. The summed E-state index contributed by atoms with van der Waals surface area (Å²) in [6, 6.07) is 4.43. The molecule has 0 bridgehead atoms. The molecule has 5 nitrogen and oxygen atoms in total. The molecule has 0 atom stereocenters. The number of sulfonamides is 1. The van der Waals surface area contributed by atoms with Gasteiger partial charge in [0.2, 0.25) is 10.0 Å². The van der Waals surface area contributed by atoms with E-state index in [1.54, 1.807) is 6.07 Å². The molecule has 96 valence electrons. The fourth-order valence-corrected chi connectivity index (χ4v) is 2.03. The number of halogens is 1. The third kappa shape index (κ3) is 2.74. The summed E-state index contributed by atoms with van der Waals surface area (Å²) in [7, 11) is -3.75. The minimum Gasteiger partial charge on any atom is -0.267 e. The highest BCUT2D eigenvalue weighted by Crippen LogP contribution is 2.13. The second-order valence-corrected chi connectivity index (χ2v) is 5.55. The van der Waals surface area contributed by atoms with Crippen LogP contribution in [0.2, 0.25) is 0 Å². The number of primary sulfonamides is 1. The van der Waals surface area contributed by atoms with Gasteiger partial charge in [-0.05, 0) is 30.2 Å². The van der Waals surface area contributed by atoms with E-state index in [4.69, 9.17) is 5.14 Å². The molecule has 0 amide bonds. The smallest absolute Gasteiger partial charge is 0.241 e. The molecule has 2 N–H and O–H groups in total. The Bertz CT molecular complexity index is 679. The summed E-state index contributed by atoms with van der Waals surface area (Å²) in [5.74, 6) is -0.338. The Labute approximate surface area is 104 Å². The quantitative estimate of drug-likeness (QED) is 0.903. The van der Waals surface area contributed by atoms with E-state index in [1.165, 1.54) is 29.2 Å². The average Bonchev–Trinajstić information content (AvgIpc) is 2.71. The van der Waals surface area contributed by atoms with Gasteiger partial charge in [-0.2, -0.15) is 5.10 Å². The molecule has 0 spiro atoms. The first kappa shape index (κ1) is 12.7. The predicted octanol–water partition coefficient (Wildman–Crippen LogP) is 1.03. The molecular weight excluding hydrogens is 257 g/mol. The number of aryl methyl sites for hydroxylation is 1. The van der Waals surface area contributed by atoms with Crippen molar-refractivity contribution in [3.8, 4) is 0 Å². The molecule has 0 fully saturated rings. The molecule has 0 radical (unpaired) electrons. The molecular formula is C11H12FN3O2S. The van der Waals surface area contributed by atoms with Crippen molar-refractivity contribution in [1.82, 2.24) is 9.78 Å². The number of hydrogen-bond acceptors (Lipinski definition) is 3. The Morgan fingerprint density at radius 2 is 2.17 bits per heavy atom. The highest BCUT2D eigenvalue weighted by Gasteiger charge is 2.11. The Balaban J connectivity index is 2.29. The van der Waals surface area contributed by atoms with Crippen molar-refractivity contribution in [2.24, 2.45) is 5.14 Å². The first-order valence-electron chi connectivity index (χ1n) is 5.16. The zero-order valence-electron chi connectivity index (χ0n) is 9.67. The maximum absolute atomic E-state index is 13.1. The lowest BCUT2D eigenvalue weighted by molar-refractivity contribution is 0.597. The van der Waals surface area contributed by atoms with Crippen LogP contribution in [0.15, 0.2) is 35.5 Å². The van der Waals surface area contributed by atoms with Crippen molar-refractivity contribution in [1.29, 1.82) is 0 Å². The van der Waals surface area contributed by atoms with Crippen LogP contribution in [0.3, 0.4) is 0 Å². The van der Waals surface area contributed by atoms with Gasteiger partial charge < -0.3 is 0 Å². The Kier molecular flexibility index (Phi) is 3.18. The van der Waals surface area contributed by atoms with Gasteiger partial charge in [-0.3, -0.25) is 4.68 Å². The number of aromatic nitrogens is 2. The molecule has 0 aliphatic carbocycles. The summed E-state index contributed by atoms with van der Waals surface area (Å²) in [4.78, 5) is -0.0587. The van der Waals surface area contributed by atoms with Crippen LogP contribution in [0.4, 0.5) is 4.39 Å². The highest BCUT2D eigenvalue weighted by atomic mass is 32.2. The maximum Gasteiger partial charge on any atom is 0.241 e. The monoisotopic (exact) mass is 269 g/mol. The van der Waals surface area contributed by atoms with E-state index in [2.05, 4.69) is 5.10 Å². The van der Waals surface area contributed by atoms with Gasteiger partial charge in [0.25, 0.3) is 0 Å². The molecule has 0 saturated carbocycles. The second-order valence-electron chi connectivity index (χ2n) is 3.99. The highest BCUT2D eigenvalue weighted by molar-refractivity contribution is 7.89. The van der Waals surface area contributed by atoms with Crippen LogP contribution in [0.1, 0.15) is 11.1 Å². The SMILES string of the molecule is Cc1ccc(F)cc1Cn1cc(S(N)(=O)=O)cn1. The van der Waals surface area contributed by atoms with Gasteiger partial charge in [-0.1, -0.05) is 6.07 Å². The molecule has 7 heteroatoms. The predicted molar refractivity (Wildman–Crippen MR) is 63.8 cm³/mol. The Hall–Kier alpha value is -1.73. The molecule has 1 heterocycles. The van der Waals surface area contributed by atoms with Gasteiger partial charge in [-0.25, -0.2) is 17.9 Å².